The lowest BCUT2D eigenvalue weighted by Gasteiger charge is -2.34. The highest BCUT2D eigenvalue weighted by molar-refractivity contribution is 6.05. The van der Waals surface area contributed by atoms with Gasteiger partial charge >= 0.3 is 5.69 Å². The minimum absolute atomic E-state index is 0.0369. The lowest BCUT2D eigenvalue weighted by molar-refractivity contribution is -0.136. The van der Waals surface area contributed by atoms with Gasteiger partial charge < -0.3 is 19.7 Å². The number of para-hydroxylation sites is 1. The molecule has 13 heteroatoms. The van der Waals surface area contributed by atoms with Crippen molar-refractivity contribution < 1.29 is 23.6 Å². The molecule has 5 heterocycles. The third-order valence-corrected chi connectivity index (χ3v) is 12.2. The lowest BCUT2D eigenvalue weighted by Crippen LogP contribution is -2.44. The number of piperidine rings is 2. The average molecular weight is 788 g/mol. The molecular weight excluding hydrogens is 738 g/mol. The summed E-state index contributed by atoms with van der Waals surface area (Å²) >= 11 is 0. The Morgan fingerprint density at radius 3 is 2.38 bits per heavy atom. The molecule has 58 heavy (non-hydrogen) atoms. The first kappa shape index (κ1) is 38.9. The molecule has 0 bridgehead atoms. The largest absolute Gasteiger partial charge is 0.370 e. The maximum atomic E-state index is 16.6. The summed E-state index contributed by atoms with van der Waals surface area (Å²) in [5.41, 5.74) is 7.83. The van der Waals surface area contributed by atoms with Crippen LogP contribution >= 0.6 is 0 Å². The Kier molecular flexibility index (Phi) is 10.1. The normalized spacial score (nSPS) is 18.0. The van der Waals surface area contributed by atoms with Crippen LogP contribution in [0.15, 0.2) is 59.4 Å². The van der Waals surface area contributed by atoms with Gasteiger partial charge in [0, 0.05) is 70.6 Å². The number of hydrogen-bond acceptors (Lipinski definition) is 6. The van der Waals surface area contributed by atoms with Crippen molar-refractivity contribution in [1.82, 2.24) is 29.2 Å². The van der Waals surface area contributed by atoms with Crippen LogP contribution in [0.4, 0.5) is 10.1 Å². The molecule has 2 fully saturated rings. The van der Waals surface area contributed by atoms with Crippen molar-refractivity contribution in [1.29, 1.82) is 0 Å². The van der Waals surface area contributed by atoms with Crippen molar-refractivity contribution >= 4 is 56.8 Å². The molecule has 2 N–H and O–H groups in total. The van der Waals surface area contributed by atoms with Crippen molar-refractivity contribution in [3.63, 3.8) is 0 Å². The molecule has 3 aliphatic heterocycles. The van der Waals surface area contributed by atoms with Gasteiger partial charge in [0.2, 0.25) is 17.7 Å². The fourth-order valence-electron chi connectivity index (χ4n) is 9.16. The van der Waals surface area contributed by atoms with Gasteiger partial charge in [0.1, 0.15) is 11.7 Å². The van der Waals surface area contributed by atoms with E-state index in [2.05, 4.69) is 40.3 Å². The van der Waals surface area contributed by atoms with Gasteiger partial charge in [-0.05, 0) is 90.6 Å². The van der Waals surface area contributed by atoms with Gasteiger partial charge in [0.05, 0.1) is 22.2 Å². The standard InChI is InChI=1S/C45H50FN7O5/c1-25(2)43(56)52-18-8-9-29(24-52)31-22-32(33-23-34(44(57)49(4)5)47-40(33)39(31)46)30-13-12-28(21-26(30)3)27-16-19-51(20-17-27)35-10-7-11-36-41(35)50(6)45(58)53(36)37-14-15-38(54)48-42(37)55/h7,9-13,21-23,25,27,37,47H,8,14-20,24H2,1-6H3,(H,48,54,55). The average Bonchev–Trinajstić information content (AvgIpc) is 3.77. The Morgan fingerprint density at radius 1 is 0.931 bits per heavy atom. The Labute approximate surface area is 336 Å². The predicted octanol–water partition coefficient (Wildman–Crippen LogP) is 6.27. The van der Waals surface area contributed by atoms with E-state index in [0.717, 1.165) is 59.4 Å². The Morgan fingerprint density at radius 2 is 1.69 bits per heavy atom. The highest BCUT2D eigenvalue weighted by atomic mass is 19.1. The van der Waals surface area contributed by atoms with E-state index in [4.69, 9.17) is 0 Å². The minimum atomic E-state index is -0.742. The summed E-state index contributed by atoms with van der Waals surface area (Å²) in [4.78, 5) is 72.9. The maximum Gasteiger partial charge on any atom is 0.329 e. The number of aromatic amines is 1. The maximum absolute atomic E-state index is 16.6. The molecular formula is C45H50FN7O5. The summed E-state index contributed by atoms with van der Waals surface area (Å²) in [6.45, 7) is 8.26. The second-order valence-corrected chi connectivity index (χ2v) is 16.5. The molecule has 12 nitrogen and oxygen atoms in total. The van der Waals surface area contributed by atoms with E-state index in [1.165, 1.54) is 15.0 Å². The van der Waals surface area contributed by atoms with E-state index in [-0.39, 0.29) is 53.6 Å². The quantitative estimate of drug-likeness (QED) is 0.187. The number of aromatic nitrogens is 3. The van der Waals surface area contributed by atoms with Crippen molar-refractivity contribution in [2.24, 2.45) is 13.0 Å². The van der Waals surface area contributed by atoms with Crippen molar-refractivity contribution in [2.45, 2.75) is 64.8 Å². The van der Waals surface area contributed by atoms with Crippen LogP contribution in [0.2, 0.25) is 0 Å². The summed E-state index contributed by atoms with van der Waals surface area (Å²) < 4.78 is 19.7. The summed E-state index contributed by atoms with van der Waals surface area (Å²) in [6, 6.07) is 15.2. The summed E-state index contributed by atoms with van der Waals surface area (Å²) in [5.74, 6) is -1.30. The van der Waals surface area contributed by atoms with Crippen LogP contribution in [0, 0.1) is 18.7 Å². The second-order valence-electron chi connectivity index (χ2n) is 16.5. The molecule has 5 aromatic rings. The van der Waals surface area contributed by atoms with Crippen LogP contribution in [0.5, 0.6) is 0 Å². The number of nitrogens with one attached hydrogen (secondary N) is 2. The van der Waals surface area contributed by atoms with Gasteiger partial charge in [-0.25, -0.2) is 9.18 Å². The van der Waals surface area contributed by atoms with E-state index >= 15 is 4.39 Å². The SMILES string of the molecule is Cc1cc(C2CCN(c3cccc4c3n(C)c(=O)n4C3CCC(=O)NC3=O)CC2)ccc1-c1cc(C2=CCCN(C(=O)C(C)C)C2)c(F)c2[nH]c(C(=O)N(C)C)cc12. The number of anilines is 1. The number of rotatable bonds is 7. The fraction of sp³-hybridized carbons (Fsp3) is 0.400. The Hall–Kier alpha value is -5.98. The highest BCUT2D eigenvalue weighted by Gasteiger charge is 2.33. The van der Waals surface area contributed by atoms with Crippen LogP contribution in [0.25, 0.3) is 38.6 Å². The van der Waals surface area contributed by atoms with Crippen molar-refractivity contribution in [2.75, 3.05) is 45.2 Å². The molecule has 3 aromatic carbocycles. The van der Waals surface area contributed by atoms with Gasteiger partial charge in [-0.3, -0.25) is 33.6 Å². The molecule has 0 saturated carbocycles. The predicted molar refractivity (Wildman–Crippen MR) is 223 cm³/mol. The molecule has 3 aliphatic rings. The van der Waals surface area contributed by atoms with Crippen LogP contribution in [-0.2, 0) is 21.4 Å². The smallest absolute Gasteiger partial charge is 0.329 e. The first-order valence-electron chi connectivity index (χ1n) is 20.2. The first-order chi connectivity index (χ1) is 27.7. The highest BCUT2D eigenvalue weighted by Crippen LogP contribution is 2.40. The summed E-state index contributed by atoms with van der Waals surface area (Å²) in [7, 11) is 5.06. The number of aryl methyl sites for hydroxylation is 2. The second kappa shape index (κ2) is 15.1. The zero-order chi connectivity index (χ0) is 41.2. The van der Waals surface area contributed by atoms with Gasteiger partial charge in [-0.15, -0.1) is 0 Å². The molecule has 0 aliphatic carbocycles. The molecule has 2 aromatic heterocycles. The zero-order valence-electron chi connectivity index (χ0n) is 33.9. The van der Waals surface area contributed by atoms with Crippen LogP contribution < -0.4 is 15.9 Å². The van der Waals surface area contributed by atoms with Crippen molar-refractivity contribution in [3.8, 4) is 11.1 Å². The van der Waals surface area contributed by atoms with E-state index in [9.17, 15) is 24.0 Å². The van der Waals surface area contributed by atoms with E-state index < -0.39 is 17.8 Å². The number of imidazole rings is 1. The van der Waals surface area contributed by atoms with Gasteiger partial charge in [-0.1, -0.05) is 44.2 Å². The molecule has 0 spiro atoms. The molecule has 4 amide bonds. The third-order valence-electron chi connectivity index (χ3n) is 12.2. The van der Waals surface area contributed by atoms with Crippen LogP contribution in [0.3, 0.4) is 0 Å². The topological polar surface area (TPSA) is 133 Å². The fourth-order valence-corrected chi connectivity index (χ4v) is 9.16. The number of nitrogens with zero attached hydrogens (tertiary/aromatic N) is 5. The summed E-state index contributed by atoms with van der Waals surface area (Å²) in [5, 5.41) is 3.01. The first-order valence-corrected chi connectivity index (χ1v) is 20.2. The van der Waals surface area contributed by atoms with E-state index in [1.807, 2.05) is 44.2 Å². The Bertz CT molecular complexity index is 2600. The van der Waals surface area contributed by atoms with E-state index in [1.54, 1.807) is 36.7 Å². The molecule has 1 atom stereocenters. The number of halogens is 1. The lowest BCUT2D eigenvalue weighted by atomic mass is 9.85. The molecule has 2 saturated heterocycles. The van der Waals surface area contributed by atoms with Gasteiger partial charge in [0.25, 0.3) is 5.91 Å². The van der Waals surface area contributed by atoms with Gasteiger partial charge in [0.15, 0.2) is 5.82 Å². The van der Waals surface area contributed by atoms with E-state index in [0.29, 0.717) is 41.7 Å². The summed E-state index contributed by atoms with van der Waals surface area (Å²) in [6.07, 6.45) is 4.88. The monoisotopic (exact) mass is 787 g/mol. The molecule has 302 valence electrons. The molecule has 8 rings (SSSR count). The number of benzene rings is 3. The molecule has 0 radical (unpaired) electrons. The molecule has 1 unspecified atom stereocenters. The van der Waals surface area contributed by atoms with Crippen LogP contribution in [0.1, 0.15) is 85.1 Å². The number of amides is 4. The number of carbonyl (C=O) groups excluding carboxylic acids is 4. The number of fused-ring (bicyclic) bond motifs is 2. The Balaban J connectivity index is 1.08. The number of hydrogen-bond donors (Lipinski definition) is 2. The number of imide groups is 1. The van der Waals surface area contributed by atoms with Gasteiger partial charge in [-0.2, -0.15) is 0 Å². The number of H-pyrrole nitrogens is 1. The number of carbonyl (C=O) groups is 4. The third kappa shape index (κ3) is 6.69. The van der Waals surface area contributed by atoms with Crippen LogP contribution in [-0.4, -0.2) is 87.8 Å². The van der Waals surface area contributed by atoms with Crippen molar-refractivity contribution in [3.05, 3.63) is 93.3 Å². The zero-order valence-corrected chi connectivity index (χ0v) is 33.9. The minimum Gasteiger partial charge on any atom is -0.370 e.